The highest BCUT2D eigenvalue weighted by Crippen LogP contribution is 2.37. The monoisotopic (exact) mass is 503 g/mol. The molecule has 0 saturated carbocycles. The summed E-state index contributed by atoms with van der Waals surface area (Å²) in [6, 6.07) is 5.18. The zero-order valence-corrected chi connectivity index (χ0v) is 18.3. The van der Waals surface area contributed by atoms with E-state index in [1.165, 1.54) is 30.5 Å². The second-order valence-electron chi connectivity index (χ2n) is 5.78. The van der Waals surface area contributed by atoms with Gasteiger partial charge < -0.3 is 14.2 Å². The van der Waals surface area contributed by atoms with Gasteiger partial charge in [0.2, 0.25) is 5.88 Å². The van der Waals surface area contributed by atoms with Crippen LogP contribution in [0.5, 0.6) is 17.4 Å². The fraction of sp³-hybridized carbons (Fsp3) is 0.316. The maximum absolute atomic E-state index is 12.9. The van der Waals surface area contributed by atoms with Crippen molar-refractivity contribution in [2.45, 2.75) is 19.0 Å². The van der Waals surface area contributed by atoms with E-state index in [1.807, 2.05) is 0 Å². The van der Waals surface area contributed by atoms with Crippen LogP contribution >= 0.6 is 46.4 Å². The smallest absolute Gasteiger partial charge is 0.421 e. The molecular weight excluding hydrogens is 489 g/mol. The number of alkyl halides is 3. The van der Waals surface area contributed by atoms with Gasteiger partial charge in [-0.25, -0.2) is 4.98 Å². The van der Waals surface area contributed by atoms with Crippen molar-refractivity contribution in [1.82, 2.24) is 4.98 Å². The fourth-order valence-electron chi connectivity index (χ4n) is 2.23. The normalized spacial score (nSPS) is 11.2. The van der Waals surface area contributed by atoms with Crippen molar-refractivity contribution in [2.75, 3.05) is 19.8 Å². The average Bonchev–Trinajstić information content (AvgIpc) is 2.65. The van der Waals surface area contributed by atoms with E-state index in [2.05, 4.69) is 4.98 Å². The number of benzene rings is 1. The van der Waals surface area contributed by atoms with Gasteiger partial charge in [-0.05, 0) is 31.1 Å². The molecule has 4 nitrogen and oxygen atoms in total. The highest BCUT2D eigenvalue weighted by atomic mass is 35.5. The molecule has 0 aliphatic heterocycles. The summed E-state index contributed by atoms with van der Waals surface area (Å²) in [7, 11) is 0. The molecule has 1 aromatic carbocycles. The second kappa shape index (κ2) is 11.7. The molecule has 0 N–H and O–H groups in total. The first-order valence-electron chi connectivity index (χ1n) is 8.59. The summed E-state index contributed by atoms with van der Waals surface area (Å²) >= 11 is 23.3. The second-order valence-corrected chi connectivity index (χ2v) is 7.60. The molecule has 30 heavy (non-hydrogen) atoms. The summed E-state index contributed by atoms with van der Waals surface area (Å²) in [4.78, 5) is 3.63. The maximum Gasteiger partial charge on any atom is 0.421 e. The number of nitrogens with zero attached hydrogens (tertiary/aromatic N) is 1. The van der Waals surface area contributed by atoms with Gasteiger partial charge >= 0.3 is 6.18 Å². The Morgan fingerprint density at radius 3 is 2.23 bits per heavy atom. The van der Waals surface area contributed by atoms with Crippen LogP contribution in [0.3, 0.4) is 0 Å². The summed E-state index contributed by atoms with van der Waals surface area (Å²) in [6.45, 7) is 0.428. The van der Waals surface area contributed by atoms with Gasteiger partial charge in [-0.15, -0.1) is 0 Å². The molecule has 2 rings (SSSR count). The van der Waals surface area contributed by atoms with E-state index < -0.39 is 17.6 Å². The molecule has 1 aromatic heterocycles. The number of halogens is 7. The topological polar surface area (TPSA) is 40.6 Å². The van der Waals surface area contributed by atoms with Crippen LogP contribution in [0.4, 0.5) is 13.2 Å². The van der Waals surface area contributed by atoms with Crippen molar-refractivity contribution >= 4 is 46.4 Å². The third-order valence-corrected chi connectivity index (χ3v) is 4.43. The summed E-state index contributed by atoms with van der Waals surface area (Å²) in [5.41, 5.74) is -0.911. The average molecular weight is 505 g/mol. The zero-order valence-electron chi connectivity index (χ0n) is 15.3. The largest absolute Gasteiger partial charge is 0.490 e. The van der Waals surface area contributed by atoms with Crippen LogP contribution in [0.1, 0.15) is 18.4 Å². The first-order chi connectivity index (χ1) is 14.2. The molecule has 1 heterocycles. The predicted molar refractivity (Wildman–Crippen MR) is 111 cm³/mol. The van der Waals surface area contributed by atoms with Crippen LogP contribution in [-0.2, 0) is 6.18 Å². The Kier molecular flexibility index (Phi) is 9.68. The standard InChI is InChI=1S/C19H16Cl4F3NO3/c20-14-10-12(28-9-5-16(22)23)11-15(21)17(14)29-7-1-2-8-30-18-13(19(24,25)26)4-3-6-27-18/h3-6,10-11H,1-2,7-9H2. The molecule has 0 bridgehead atoms. The van der Waals surface area contributed by atoms with Gasteiger partial charge in [0.15, 0.2) is 5.75 Å². The van der Waals surface area contributed by atoms with Crippen molar-refractivity contribution in [3.05, 3.63) is 56.6 Å². The number of ether oxygens (including phenoxy) is 3. The van der Waals surface area contributed by atoms with Crippen LogP contribution in [0.15, 0.2) is 41.0 Å². The maximum atomic E-state index is 12.9. The van der Waals surface area contributed by atoms with Crippen LogP contribution < -0.4 is 14.2 Å². The molecule has 11 heteroatoms. The Labute approximate surface area is 191 Å². The number of hydrogen-bond acceptors (Lipinski definition) is 4. The highest BCUT2D eigenvalue weighted by Gasteiger charge is 2.34. The predicted octanol–water partition coefficient (Wildman–Crippen LogP) is 7.34. The summed E-state index contributed by atoms with van der Waals surface area (Å²) in [6.07, 6.45) is -0.887. The van der Waals surface area contributed by atoms with E-state index in [0.717, 1.165) is 6.07 Å². The molecule has 0 saturated heterocycles. The summed E-state index contributed by atoms with van der Waals surface area (Å²) < 4.78 is 54.9. The van der Waals surface area contributed by atoms with E-state index in [4.69, 9.17) is 60.6 Å². The van der Waals surface area contributed by atoms with Gasteiger partial charge in [-0.3, -0.25) is 0 Å². The van der Waals surface area contributed by atoms with Crippen molar-refractivity contribution in [3.63, 3.8) is 0 Å². The highest BCUT2D eigenvalue weighted by molar-refractivity contribution is 6.55. The quantitative estimate of drug-likeness (QED) is 0.317. The summed E-state index contributed by atoms with van der Waals surface area (Å²) in [5.74, 6) is 0.243. The van der Waals surface area contributed by atoms with E-state index in [9.17, 15) is 13.2 Å². The number of pyridine rings is 1. The zero-order chi connectivity index (χ0) is 22.1. The third kappa shape index (κ3) is 7.95. The van der Waals surface area contributed by atoms with Gasteiger partial charge in [-0.2, -0.15) is 13.2 Å². The Morgan fingerprint density at radius 1 is 1.00 bits per heavy atom. The lowest BCUT2D eigenvalue weighted by Gasteiger charge is -2.13. The van der Waals surface area contributed by atoms with E-state index in [0.29, 0.717) is 18.6 Å². The molecule has 0 aliphatic rings. The van der Waals surface area contributed by atoms with Crippen LogP contribution in [0.25, 0.3) is 0 Å². The van der Waals surface area contributed by atoms with E-state index in [1.54, 1.807) is 0 Å². The molecule has 164 valence electrons. The van der Waals surface area contributed by atoms with Gasteiger partial charge in [0.05, 0.1) is 23.3 Å². The van der Waals surface area contributed by atoms with Crippen LogP contribution in [0.2, 0.25) is 10.0 Å². The lowest BCUT2D eigenvalue weighted by Crippen LogP contribution is -2.11. The molecule has 2 aromatic rings. The van der Waals surface area contributed by atoms with Crippen molar-refractivity contribution in [2.24, 2.45) is 0 Å². The summed E-state index contributed by atoms with van der Waals surface area (Å²) in [5, 5.41) is 0.496. The Hall–Kier alpha value is -1.54. The molecule has 0 spiro atoms. The van der Waals surface area contributed by atoms with Crippen molar-refractivity contribution < 1.29 is 27.4 Å². The molecule has 0 aliphatic carbocycles. The SMILES string of the molecule is FC(F)(F)c1cccnc1OCCCCOc1c(Cl)cc(OCC=C(Cl)Cl)cc1Cl. The molecule has 0 fully saturated rings. The van der Waals surface area contributed by atoms with Gasteiger partial charge in [0, 0.05) is 18.3 Å². The van der Waals surface area contributed by atoms with Crippen LogP contribution in [-0.4, -0.2) is 24.8 Å². The van der Waals surface area contributed by atoms with Gasteiger partial charge in [0.25, 0.3) is 0 Å². The van der Waals surface area contributed by atoms with E-state index >= 15 is 0 Å². The molecule has 0 amide bonds. The number of hydrogen-bond donors (Lipinski definition) is 0. The first kappa shape index (κ1) is 24.7. The molecule has 0 unspecified atom stereocenters. The van der Waals surface area contributed by atoms with E-state index in [-0.39, 0.29) is 40.1 Å². The Bertz CT molecular complexity index is 851. The Morgan fingerprint density at radius 2 is 1.63 bits per heavy atom. The molecular formula is C19H16Cl4F3NO3. The van der Waals surface area contributed by atoms with Gasteiger partial charge in [-0.1, -0.05) is 46.4 Å². The minimum absolute atomic E-state index is 0.0499. The van der Waals surface area contributed by atoms with Crippen molar-refractivity contribution in [3.8, 4) is 17.4 Å². The first-order valence-corrected chi connectivity index (χ1v) is 10.1. The van der Waals surface area contributed by atoms with Gasteiger partial charge in [0.1, 0.15) is 22.4 Å². The number of rotatable bonds is 10. The fourth-order valence-corrected chi connectivity index (χ4v) is 2.93. The lowest BCUT2D eigenvalue weighted by atomic mass is 10.2. The Balaban J connectivity index is 1.79. The van der Waals surface area contributed by atoms with Crippen LogP contribution in [0, 0.1) is 0 Å². The minimum Gasteiger partial charge on any atom is -0.490 e. The molecule has 0 radical (unpaired) electrons. The lowest BCUT2D eigenvalue weighted by molar-refractivity contribution is -0.139. The number of unbranched alkanes of at least 4 members (excludes halogenated alkanes) is 1. The minimum atomic E-state index is -4.53. The molecule has 0 atom stereocenters. The number of aromatic nitrogens is 1. The third-order valence-electron chi connectivity index (χ3n) is 3.56. The van der Waals surface area contributed by atoms with Crippen molar-refractivity contribution in [1.29, 1.82) is 0 Å².